The van der Waals surface area contributed by atoms with E-state index in [4.69, 9.17) is 4.74 Å². The Morgan fingerprint density at radius 1 is 1.36 bits per heavy atom. The first-order valence-corrected chi connectivity index (χ1v) is 9.22. The average molecular weight is 344 g/mol. The fraction of sp³-hybridized carbons (Fsp3) is 0.625. The lowest BCUT2D eigenvalue weighted by Gasteiger charge is -2.19. The van der Waals surface area contributed by atoms with E-state index in [-0.39, 0.29) is 10.7 Å². The van der Waals surface area contributed by atoms with Crippen LogP contribution < -0.4 is 0 Å². The van der Waals surface area contributed by atoms with E-state index in [1.807, 2.05) is 53.0 Å². The van der Waals surface area contributed by atoms with Gasteiger partial charge in [0.15, 0.2) is 0 Å². The van der Waals surface area contributed by atoms with E-state index in [2.05, 4.69) is 4.40 Å². The first-order valence-electron chi connectivity index (χ1n) is 7.23. The molecule has 0 amide bonds. The summed E-state index contributed by atoms with van der Waals surface area (Å²) in [6.07, 6.45) is 2.58. The molecule has 0 saturated heterocycles. The van der Waals surface area contributed by atoms with Gasteiger partial charge in [-0.1, -0.05) is 4.40 Å². The molecule has 22 heavy (non-hydrogen) atoms. The van der Waals surface area contributed by atoms with Crippen LogP contribution in [0, 0.1) is 0 Å². The van der Waals surface area contributed by atoms with Crippen molar-refractivity contribution in [3.05, 3.63) is 21.9 Å². The Morgan fingerprint density at radius 2 is 2.00 bits per heavy atom. The van der Waals surface area contributed by atoms with Crippen molar-refractivity contribution < 1.29 is 14.1 Å². The molecule has 1 heterocycles. The van der Waals surface area contributed by atoms with Crippen LogP contribution in [0.1, 0.15) is 58.4 Å². The number of aryl methyl sites for hydroxylation is 1. The maximum absolute atomic E-state index is 11.9. The molecule has 0 radical (unpaired) electrons. The molecular weight excluding hydrogens is 318 g/mol. The minimum absolute atomic E-state index is 0.208. The van der Waals surface area contributed by atoms with Gasteiger partial charge in [-0.25, -0.2) is 0 Å². The topological polar surface area (TPSA) is 61.7 Å². The number of thiophene rings is 1. The van der Waals surface area contributed by atoms with Crippen molar-refractivity contribution in [3.63, 3.8) is 0 Å². The Kier molecular flexibility index (Phi) is 6.65. The van der Waals surface area contributed by atoms with Gasteiger partial charge in [-0.3, -0.25) is 4.79 Å². The maximum atomic E-state index is 11.9. The highest BCUT2D eigenvalue weighted by Gasteiger charge is 2.26. The third kappa shape index (κ3) is 6.94. The number of nitrogens with zero attached hydrogens (tertiary/aromatic N) is 1. The van der Waals surface area contributed by atoms with Crippen LogP contribution in [0.3, 0.4) is 0 Å². The van der Waals surface area contributed by atoms with E-state index in [0.717, 1.165) is 10.4 Å². The zero-order valence-electron chi connectivity index (χ0n) is 14.1. The van der Waals surface area contributed by atoms with Gasteiger partial charge in [-0.15, -0.1) is 11.3 Å². The molecule has 0 saturated carbocycles. The molecule has 0 aliphatic heterocycles. The van der Waals surface area contributed by atoms with Crippen LogP contribution in [0.2, 0.25) is 0 Å². The molecule has 0 spiro atoms. The fourth-order valence-corrected chi connectivity index (χ4v) is 2.95. The molecule has 1 aromatic rings. The van der Waals surface area contributed by atoms with Crippen LogP contribution in [0.4, 0.5) is 0 Å². The number of carbonyl (C=O) groups excluding carboxylic acids is 1. The molecule has 1 rings (SSSR count). The van der Waals surface area contributed by atoms with Gasteiger partial charge in [-0.2, -0.15) is 0 Å². The molecule has 124 valence electrons. The molecule has 4 nitrogen and oxygen atoms in total. The predicted molar refractivity (Wildman–Crippen MR) is 94.0 cm³/mol. The molecule has 6 heteroatoms. The van der Waals surface area contributed by atoms with Gasteiger partial charge in [0.25, 0.3) is 0 Å². The Labute approximate surface area is 140 Å². The predicted octanol–water partition coefficient (Wildman–Crippen LogP) is 3.90. The molecule has 0 aliphatic carbocycles. The molecule has 0 aliphatic rings. The average Bonchev–Trinajstić information content (AvgIpc) is 2.77. The third-order valence-electron chi connectivity index (χ3n) is 2.59. The highest BCUT2D eigenvalue weighted by atomic mass is 32.2. The molecule has 0 aromatic carbocycles. The van der Waals surface area contributed by atoms with Gasteiger partial charge in [0, 0.05) is 6.42 Å². The van der Waals surface area contributed by atoms with Crippen molar-refractivity contribution in [2.24, 2.45) is 4.40 Å². The lowest BCUT2D eigenvalue weighted by atomic mass is 10.1. The van der Waals surface area contributed by atoms with E-state index < -0.39 is 17.0 Å². The Balaban J connectivity index is 2.63. The summed E-state index contributed by atoms with van der Waals surface area (Å²) in [4.78, 5) is 12.7. The molecule has 0 bridgehead atoms. The second-order valence-electron chi connectivity index (χ2n) is 6.99. The Bertz CT molecular complexity index is 524. The number of esters is 1. The molecule has 1 aromatic heterocycles. The summed E-state index contributed by atoms with van der Waals surface area (Å²) >= 11 is 0.259. The highest BCUT2D eigenvalue weighted by Crippen LogP contribution is 2.20. The highest BCUT2D eigenvalue weighted by molar-refractivity contribution is 7.91. The Hall–Kier alpha value is -0.850. The van der Waals surface area contributed by atoms with Crippen LogP contribution in [-0.4, -0.2) is 27.1 Å². The van der Waals surface area contributed by atoms with Crippen LogP contribution in [0.5, 0.6) is 0 Å². The van der Waals surface area contributed by atoms with E-state index in [0.29, 0.717) is 12.8 Å². The first kappa shape index (κ1) is 19.2. The summed E-state index contributed by atoms with van der Waals surface area (Å²) in [5.41, 5.74) is 0.574. The lowest BCUT2D eigenvalue weighted by Crippen LogP contribution is -2.25. The smallest absolute Gasteiger partial charge is 0.306 e. The van der Waals surface area contributed by atoms with E-state index in [9.17, 15) is 9.35 Å². The number of rotatable bonds is 5. The van der Waals surface area contributed by atoms with E-state index in [1.165, 1.54) is 11.3 Å². The van der Waals surface area contributed by atoms with Gasteiger partial charge in [-0.05, 0) is 65.0 Å². The summed E-state index contributed by atoms with van der Waals surface area (Å²) in [7, 11) is 0. The van der Waals surface area contributed by atoms with Crippen molar-refractivity contribution in [1.29, 1.82) is 0 Å². The SMILES string of the molecule is CC(C)(C)OC(=O)CCc1ccsc1C=N[S+]([O-])C(C)(C)C. The van der Waals surface area contributed by atoms with Crippen molar-refractivity contribution in [2.45, 2.75) is 64.7 Å². The second-order valence-corrected chi connectivity index (χ2v) is 9.87. The number of hydrogen-bond donors (Lipinski definition) is 0. The van der Waals surface area contributed by atoms with Gasteiger partial charge in [0.2, 0.25) is 0 Å². The van der Waals surface area contributed by atoms with Crippen LogP contribution >= 0.6 is 11.3 Å². The largest absolute Gasteiger partial charge is 0.591 e. The van der Waals surface area contributed by atoms with E-state index in [1.54, 1.807) is 6.21 Å². The molecule has 0 N–H and O–H groups in total. The summed E-state index contributed by atoms with van der Waals surface area (Å²) in [6.45, 7) is 11.2. The molecule has 0 fully saturated rings. The molecule has 1 unspecified atom stereocenters. The second kappa shape index (κ2) is 7.62. The van der Waals surface area contributed by atoms with Crippen molar-refractivity contribution in [3.8, 4) is 0 Å². The molecule has 1 atom stereocenters. The fourth-order valence-electron chi connectivity index (χ4n) is 1.55. The molecular formula is C16H25NO3S2. The van der Waals surface area contributed by atoms with Gasteiger partial charge in [0.05, 0.1) is 11.1 Å². The normalized spacial score (nSPS) is 14.3. The van der Waals surface area contributed by atoms with Crippen LogP contribution in [0.25, 0.3) is 0 Å². The zero-order valence-corrected chi connectivity index (χ0v) is 15.8. The summed E-state index contributed by atoms with van der Waals surface area (Å²) in [5, 5.41) is 1.95. The quantitative estimate of drug-likeness (QED) is 0.463. The van der Waals surface area contributed by atoms with Crippen LogP contribution in [-0.2, 0) is 27.3 Å². The van der Waals surface area contributed by atoms with Crippen molar-refractivity contribution >= 4 is 34.9 Å². The lowest BCUT2D eigenvalue weighted by molar-refractivity contribution is -0.154. The summed E-state index contributed by atoms with van der Waals surface area (Å²) in [6, 6.07) is 1.97. The van der Waals surface area contributed by atoms with Gasteiger partial charge in [0.1, 0.15) is 21.7 Å². The number of ether oxygens (including phenoxy) is 1. The summed E-state index contributed by atoms with van der Waals surface area (Å²) in [5.74, 6) is -0.208. The summed E-state index contributed by atoms with van der Waals surface area (Å²) < 4.78 is 21.0. The Morgan fingerprint density at radius 3 is 2.55 bits per heavy atom. The monoisotopic (exact) mass is 343 g/mol. The number of hydrogen-bond acceptors (Lipinski definition) is 5. The maximum Gasteiger partial charge on any atom is 0.306 e. The first-order chi connectivity index (χ1) is 9.99. The third-order valence-corrected chi connectivity index (χ3v) is 4.83. The standard InChI is InChI=1S/C16H25NO3S2/c1-15(2,3)20-14(18)8-7-12-9-10-21-13(12)11-17-22(19)16(4,5)6/h9-11H,7-8H2,1-6H3. The zero-order chi connectivity index (χ0) is 17.0. The van der Waals surface area contributed by atoms with Gasteiger partial charge >= 0.3 is 5.97 Å². The number of carbonyl (C=O) groups is 1. The van der Waals surface area contributed by atoms with Crippen LogP contribution in [0.15, 0.2) is 15.8 Å². The van der Waals surface area contributed by atoms with Gasteiger partial charge < -0.3 is 9.29 Å². The minimum atomic E-state index is -1.27. The van der Waals surface area contributed by atoms with Crippen molar-refractivity contribution in [2.75, 3.05) is 0 Å². The minimum Gasteiger partial charge on any atom is -0.591 e. The van der Waals surface area contributed by atoms with Crippen molar-refractivity contribution in [1.82, 2.24) is 0 Å². The van der Waals surface area contributed by atoms with E-state index >= 15 is 0 Å².